The Morgan fingerprint density at radius 1 is 0.833 bits per heavy atom. The van der Waals surface area contributed by atoms with Gasteiger partial charge in [0, 0.05) is 28.0 Å². The predicted octanol–water partition coefficient (Wildman–Crippen LogP) is 7.44. The molecular weight excluding hydrogens is 643 g/mol. The summed E-state index contributed by atoms with van der Waals surface area (Å²) < 4.78 is 19.4. The average Bonchev–Trinajstić information content (AvgIpc) is 3.17. The highest BCUT2D eigenvalue weighted by molar-refractivity contribution is 14.1. The molecule has 8 heteroatoms. The summed E-state index contributed by atoms with van der Waals surface area (Å²) in [6.45, 7) is 12.3. The van der Waals surface area contributed by atoms with Gasteiger partial charge in [-0.25, -0.2) is 4.79 Å². The molecule has 1 saturated heterocycles. The zero-order valence-electron chi connectivity index (χ0n) is 25.5. The summed E-state index contributed by atoms with van der Waals surface area (Å²) in [6.07, 6.45) is -0.634. The minimum atomic E-state index is -0.715. The highest BCUT2D eigenvalue weighted by atomic mass is 127. The standard InChI is InChI=1S/C34H41IN2O5/c1-33(2,3)31-36(7)30(38)27(37(31)32(39)42-34(4,5)6)19-24-17-18-28(40-21-23-13-9-8-10-14-23)29(20-24)41-22-25-15-11-12-16-26(25)35/h8-18,20,27,31H,19,21-22H2,1-7H3/t27-,31-/m0/s1. The lowest BCUT2D eigenvalue weighted by molar-refractivity contribution is -0.129. The first-order valence-electron chi connectivity index (χ1n) is 14.2. The molecule has 1 heterocycles. The second kappa shape index (κ2) is 12.9. The van der Waals surface area contributed by atoms with E-state index < -0.39 is 23.9 Å². The molecule has 4 rings (SSSR count). The van der Waals surface area contributed by atoms with Gasteiger partial charge in [-0.05, 0) is 72.7 Å². The van der Waals surface area contributed by atoms with E-state index in [2.05, 4.69) is 22.6 Å². The van der Waals surface area contributed by atoms with Gasteiger partial charge in [-0.2, -0.15) is 0 Å². The Morgan fingerprint density at radius 3 is 2.12 bits per heavy atom. The monoisotopic (exact) mass is 684 g/mol. The maximum atomic E-state index is 13.6. The van der Waals surface area contributed by atoms with Crippen molar-refractivity contribution in [3.63, 3.8) is 0 Å². The Balaban J connectivity index is 1.64. The fraction of sp³-hybridized carbons (Fsp3) is 0.412. The maximum Gasteiger partial charge on any atom is 0.412 e. The largest absolute Gasteiger partial charge is 0.485 e. The van der Waals surface area contributed by atoms with Crippen molar-refractivity contribution in [1.82, 2.24) is 9.80 Å². The fourth-order valence-electron chi connectivity index (χ4n) is 5.20. The zero-order chi connectivity index (χ0) is 30.7. The van der Waals surface area contributed by atoms with Crippen LogP contribution in [-0.2, 0) is 29.2 Å². The number of ether oxygens (including phenoxy) is 3. The van der Waals surface area contributed by atoms with Gasteiger partial charge in [0.05, 0.1) is 0 Å². The van der Waals surface area contributed by atoms with Crippen LogP contribution in [0.15, 0.2) is 72.8 Å². The number of hydrogen-bond acceptors (Lipinski definition) is 5. The van der Waals surface area contributed by atoms with Crippen molar-refractivity contribution in [1.29, 1.82) is 0 Å². The van der Waals surface area contributed by atoms with Crippen molar-refractivity contribution in [2.45, 2.75) is 79.0 Å². The first kappa shape index (κ1) is 31.7. The second-order valence-corrected chi connectivity index (χ2v) is 13.9. The van der Waals surface area contributed by atoms with Gasteiger partial charge in [-0.3, -0.25) is 9.69 Å². The van der Waals surface area contributed by atoms with Crippen LogP contribution in [0.1, 0.15) is 58.2 Å². The molecule has 0 spiro atoms. The van der Waals surface area contributed by atoms with Crippen LogP contribution in [0.5, 0.6) is 11.5 Å². The molecule has 0 aromatic heterocycles. The molecule has 2 atom stereocenters. The molecule has 1 aliphatic rings. The van der Waals surface area contributed by atoms with E-state index in [1.165, 1.54) is 0 Å². The molecule has 0 radical (unpaired) electrons. The summed E-state index contributed by atoms with van der Waals surface area (Å²) in [6, 6.07) is 23.0. The van der Waals surface area contributed by atoms with E-state index in [4.69, 9.17) is 14.2 Å². The molecule has 1 aliphatic heterocycles. The number of amides is 2. The van der Waals surface area contributed by atoms with Crippen LogP contribution in [0, 0.1) is 8.99 Å². The van der Waals surface area contributed by atoms with Crippen LogP contribution < -0.4 is 9.47 Å². The lowest BCUT2D eigenvalue weighted by atomic mass is 9.91. The SMILES string of the molecule is CN1C(=O)[C@H](Cc2ccc(OCc3ccccc3)c(OCc3ccccc3I)c2)N(C(=O)OC(C)(C)C)[C@H]1C(C)(C)C. The van der Waals surface area contributed by atoms with Gasteiger partial charge in [0.25, 0.3) is 0 Å². The van der Waals surface area contributed by atoms with Crippen LogP contribution in [0.4, 0.5) is 4.79 Å². The molecule has 3 aromatic rings. The number of hydrogen-bond donors (Lipinski definition) is 0. The minimum absolute atomic E-state index is 0.119. The number of nitrogens with zero attached hydrogens (tertiary/aromatic N) is 2. The molecule has 1 fully saturated rings. The van der Waals surface area contributed by atoms with Crippen molar-refractivity contribution < 1.29 is 23.8 Å². The summed E-state index contributed by atoms with van der Waals surface area (Å²) >= 11 is 2.30. The number of benzene rings is 3. The highest BCUT2D eigenvalue weighted by Gasteiger charge is 2.52. The summed E-state index contributed by atoms with van der Waals surface area (Å²) in [5.74, 6) is 1.07. The fourth-order valence-corrected chi connectivity index (χ4v) is 5.74. The summed E-state index contributed by atoms with van der Waals surface area (Å²) in [4.78, 5) is 30.4. The molecule has 42 heavy (non-hydrogen) atoms. The van der Waals surface area contributed by atoms with E-state index in [1.807, 2.05) is 114 Å². The number of carbonyl (C=O) groups is 2. The van der Waals surface area contributed by atoms with Crippen molar-refractivity contribution in [2.24, 2.45) is 5.41 Å². The zero-order valence-corrected chi connectivity index (χ0v) is 27.7. The van der Waals surface area contributed by atoms with Gasteiger partial charge in [-0.1, -0.05) is 75.4 Å². The molecule has 224 valence electrons. The van der Waals surface area contributed by atoms with Crippen molar-refractivity contribution in [3.8, 4) is 11.5 Å². The van der Waals surface area contributed by atoms with Crippen molar-refractivity contribution in [3.05, 3.63) is 93.1 Å². The number of rotatable bonds is 8. The Hall–Kier alpha value is -3.27. The molecule has 2 amide bonds. The third-order valence-electron chi connectivity index (χ3n) is 6.99. The molecule has 7 nitrogen and oxygen atoms in total. The van der Waals surface area contributed by atoms with Gasteiger partial charge >= 0.3 is 6.09 Å². The number of likely N-dealkylation sites (N-methyl/N-ethyl adjacent to an activating group) is 1. The van der Waals surface area contributed by atoms with Crippen molar-refractivity contribution in [2.75, 3.05) is 7.05 Å². The smallest absolute Gasteiger partial charge is 0.412 e. The predicted molar refractivity (Wildman–Crippen MR) is 172 cm³/mol. The van der Waals surface area contributed by atoms with E-state index in [0.717, 1.165) is 20.3 Å². The summed E-state index contributed by atoms with van der Waals surface area (Å²) in [5, 5.41) is 0. The average molecular weight is 685 g/mol. The third kappa shape index (κ3) is 7.76. The first-order chi connectivity index (χ1) is 19.7. The van der Waals surface area contributed by atoms with Gasteiger partial charge in [0.15, 0.2) is 11.5 Å². The molecule has 0 N–H and O–H groups in total. The molecule has 0 saturated carbocycles. The number of halogens is 1. The van der Waals surface area contributed by atoms with Crippen LogP contribution in [0.2, 0.25) is 0 Å². The minimum Gasteiger partial charge on any atom is -0.485 e. The van der Waals surface area contributed by atoms with E-state index in [1.54, 1.807) is 16.8 Å². The van der Waals surface area contributed by atoms with E-state index >= 15 is 0 Å². The van der Waals surface area contributed by atoms with Gasteiger partial charge in [-0.15, -0.1) is 0 Å². The highest BCUT2D eigenvalue weighted by Crippen LogP contribution is 2.37. The van der Waals surface area contributed by atoms with Gasteiger partial charge in [0.1, 0.15) is 31.0 Å². The Morgan fingerprint density at radius 2 is 1.48 bits per heavy atom. The second-order valence-electron chi connectivity index (χ2n) is 12.7. The van der Waals surface area contributed by atoms with Crippen LogP contribution in [0.3, 0.4) is 0 Å². The summed E-state index contributed by atoms with van der Waals surface area (Å²) in [7, 11) is 1.76. The normalized spacial score (nSPS) is 17.4. The van der Waals surface area contributed by atoms with Crippen LogP contribution >= 0.6 is 22.6 Å². The Kier molecular flexibility index (Phi) is 9.75. The maximum absolute atomic E-state index is 13.6. The van der Waals surface area contributed by atoms with E-state index in [-0.39, 0.29) is 11.3 Å². The van der Waals surface area contributed by atoms with Gasteiger partial charge in [0.2, 0.25) is 5.91 Å². The third-order valence-corrected chi connectivity index (χ3v) is 8.05. The molecule has 0 aliphatic carbocycles. The van der Waals surface area contributed by atoms with Crippen molar-refractivity contribution >= 4 is 34.6 Å². The van der Waals surface area contributed by atoms with Gasteiger partial charge < -0.3 is 19.1 Å². The van der Waals surface area contributed by atoms with E-state index in [0.29, 0.717) is 31.1 Å². The lowest BCUT2D eigenvalue weighted by Crippen LogP contribution is -2.52. The lowest BCUT2D eigenvalue weighted by Gasteiger charge is -2.39. The Bertz CT molecular complexity index is 1400. The molecule has 3 aromatic carbocycles. The van der Waals surface area contributed by atoms with E-state index in [9.17, 15) is 9.59 Å². The Labute approximate surface area is 263 Å². The van der Waals surface area contributed by atoms with Crippen LogP contribution in [0.25, 0.3) is 0 Å². The first-order valence-corrected chi connectivity index (χ1v) is 15.3. The molecule has 0 unspecified atom stereocenters. The quantitative estimate of drug-likeness (QED) is 0.231. The molecular formula is C34H41IN2O5. The van der Waals surface area contributed by atoms with Crippen LogP contribution in [-0.4, -0.2) is 46.7 Å². The number of carbonyl (C=O) groups excluding carboxylic acids is 2. The molecule has 0 bridgehead atoms. The summed E-state index contributed by atoms with van der Waals surface area (Å²) in [5.41, 5.74) is 1.89. The topological polar surface area (TPSA) is 68.3 Å².